The van der Waals surface area contributed by atoms with Crippen molar-refractivity contribution in [2.75, 3.05) is 0 Å². The van der Waals surface area contributed by atoms with Gasteiger partial charge in [0.25, 0.3) is 0 Å². The Morgan fingerprint density at radius 3 is 2.28 bits per heavy atom. The first-order valence-corrected chi connectivity index (χ1v) is 7.37. The largest absolute Gasteiger partial charge is 0.143 e. The van der Waals surface area contributed by atoms with Crippen molar-refractivity contribution < 1.29 is 0 Å². The van der Waals surface area contributed by atoms with Gasteiger partial charge in [-0.25, -0.2) is 0 Å². The Bertz CT molecular complexity index is 573. The van der Waals surface area contributed by atoms with Crippen molar-refractivity contribution >= 4 is 24.4 Å². The van der Waals surface area contributed by atoms with Crippen LogP contribution in [0.5, 0.6) is 0 Å². The van der Waals surface area contributed by atoms with E-state index in [0.29, 0.717) is 0 Å². The Hall–Kier alpha value is -0.860. The highest BCUT2D eigenvalue weighted by Crippen LogP contribution is 2.49. The van der Waals surface area contributed by atoms with Crippen LogP contribution in [0.2, 0.25) is 0 Å². The van der Waals surface area contributed by atoms with E-state index in [1.54, 1.807) is 0 Å². The minimum atomic E-state index is 0.0562. The molecule has 0 saturated heterocycles. The molecule has 0 N–H and O–H groups in total. The van der Waals surface area contributed by atoms with Gasteiger partial charge >= 0.3 is 0 Å². The van der Waals surface area contributed by atoms with Gasteiger partial charge in [0, 0.05) is 20.1 Å². The summed E-state index contributed by atoms with van der Waals surface area (Å²) in [5.41, 5.74) is 4.20. The molecular formula is C16H16S2. The van der Waals surface area contributed by atoms with Crippen molar-refractivity contribution in [1.29, 1.82) is 0 Å². The maximum absolute atomic E-state index is 4.48. The van der Waals surface area contributed by atoms with Crippen LogP contribution >= 0.6 is 24.4 Å². The molecule has 0 aromatic heterocycles. The second-order valence-corrected chi connectivity index (χ2v) is 7.01. The maximum Gasteiger partial charge on any atom is 0.0169 e. The molecule has 0 aliphatic carbocycles. The van der Waals surface area contributed by atoms with Crippen molar-refractivity contribution in [3.8, 4) is 0 Å². The minimum Gasteiger partial charge on any atom is -0.143 e. The smallest absolute Gasteiger partial charge is 0.0169 e. The van der Waals surface area contributed by atoms with Crippen LogP contribution in [-0.4, -0.2) is 0 Å². The van der Waals surface area contributed by atoms with Crippen LogP contribution in [0.1, 0.15) is 30.5 Å². The van der Waals surface area contributed by atoms with Crippen molar-refractivity contribution in [2.45, 2.75) is 40.9 Å². The summed E-state index contributed by atoms with van der Waals surface area (Å²) < 4.78 is 0. The highest BCUT2D eigenvalue weighted by Gasteiger charge is 2.32. The summed E-state index contributed by atoms with van der Waals surface area (Å²) in [6.07, 6.45) is 0. The Morgan fingerprint density at radius 1 is 0.944 bits per heavy atom. The molecule has 18 heavy (non-hydrogen) atoms. The molecule has 0 bridgehead atoms. The molecular weight excluding hydrogens is 256 g/mol. The predicted molar refractivity (Wildman–Crippen MR) is 81.1 cm³/mol. The highest BCUT2D eigenvalue weighted by molar-refractivity contribution is 7.99. The SMILES string of the molecule is Cc1ccc2c(c1)C(C)(C)c1cc(S)ccc1S2. The molecule has 2 heteroatoms. The lowest BCUT2D eigenvalue weighted by Gasteiger charge is -2.35. The number of hydrogen-bond donors (Lipinski definition) is 1. The number of aryl methyl sites for hydroxylation is 1. The van der Waals surface area contributed by atoms with Gasteiger partial charge in [-0.1, -0.05) is 43.3 Å². The number of benzene rings is 2. The van der Waals surface area contributed by atoms with Crippen LogP contribution in [0, 0.1) is 6.92 Å². The molecule has 3 rings (SSSR count). The van der Waals surface area contributed by atoms with E-state index >= 15 is 0 Å². The van der Waals surface area contributed by atoms with Gasteiger partial charge in [0.1, 0.15) is 0 Å². The summed E-state index contributed by atoms with van der Waals surface area (Å²) in [5, 5.41) is 0. The van der Waals surface area contributed by atoms with Gasteiger partial charge < -0.3 is 0 Å². The zero-order valence-corrected chi connectivity index (χ0v) is 12.5. The molecule has 0 fully saturated rings. The second-order valence-electron chi connectivity index (χ2n) is 5.41. The number of rotatable bonds is 0. The van der Waals surface area contributed by atoms with Gasteiger partial charge in [-0.05, 0) is 42.3 Å². The van der Waals surface area contributed by atoms with Crippen LogP contribution < -0.4 is 0 Å². The van der Waals surface area contributed by atoms with Crippen LogP contribution in [0.4, 0.5) is 0 Å². The third kappa shape index (κ3) is 1.79. The van der Waals surface area contributed by atoms with E-state index < -0.39 is 0 Å². The van der Waals surface area contributed by atoms with Crippen LogP contribution in [0.15, 0.2) is 51.1 Å². The summed E-state index contributed by atoms with van der Waals surface area (Å²) >= 11 is 6.35. The molecule has 1 heterocycles. The summed E-state index contributed by atoms with van der Waals surface area (Å²) in [6, 6.07) is 13.2. The molecule has 1 aliphatic heterocycles. The number of thiol groups is 1. The van der Waals surface area contributed by atoms with Crippen molar-refractivity contribution in [3.05, 3.63) is 53.1 Å². The maximum atomic E-state index is 4.48. The molecule has 2 aromatic carbocycles. The van der Waals surface area contributed by atoms with E-state index in [1.165, 1.54) is 26.5 Å². The fourth-order valence-electron chi connectivity index (χ4n) is 2.58. The normalized spacial score (nSPS) is 16.0. The first-order chi connectivity index (χ1) is 8.48. The van der Waals surface area contributed by atoms with Crippen LogP contribution in [-0.2, 0) is 5.41 Å². The first-order valence-electron chi connectivity index (χ1n) is 6.11. The quantitative estimate of drug-likeness (QED) is 0.653. The van der Waals surface area contributed by atoms with Gasteiger partial charge in [0.05, 0.1) is 0 Å². The van der Waals surface area contributed by atoms with E-state index in [-0.39, 0.29) is 5.41 Å². The van der Waals surface area contributed by atoms with Gasteiger partial charge in [-0.2, -0.15) is 0 Å². The second kappa shape index (κ2) is 4.07. The summed E-state index contributed by atoms with van der Waals surface area (Å²) in [4.78, 5) is 3.78. The fraction of sp³-hybridized carbons (Fsp3) is 0.250. The third-order valence-electron chi connectivity index (χ3n) is 3.66. The Kier molecular flexibility index (Phi) is 2.76. The zero-order chi connectivity index (χ0) is 12.9. The number of hydrogen-bond acceptors (Lipinski definition) is 2. The van der Waals surface area contributed by atoms with E-state index in [2.05, 4.69) is 69.8 Å². The van der Waals surface area contributed by atoms with E-state index in [4.69, 9.17) is 0 Å². The molecule has 0 spiro atoms. The zero-order valence-electron chi connectivity index (χ0n) is 10.8. The predicted octanol–water partition coefficient (Wildman–Crippen LogP) is 5.07. The van der Waals surface area contributed by atoms with Crippen molar-refractivity contribution in [1.82, 2.24) is 0 Å². The van der Waals surface area contributed by atoms with E-state index in [1.807, 2.05) is 11.8 Å². The lowest BCUT2D eigenvalue weighted by molar-refractivity contribution is 0.604. The Labute approximate surface area is 118 Å². The lowest BCUT2D eigenvalue weighted by atomic mass is 9.77. The average Bonchev–Trinajstić information content (AvgIpc) is 2.32. The monoisotopic (exact) mass is 272 g/mol. The molecule has 0 nitrogen and oxygen atoms in total. The van der Waals surface area contributed by atoms with Gasteiger partial charge in [0.2, 0.25) is 0 Å². The van der Waals surface area contributed by atoms with Crippen LogP contribution in [0.3, 0.4) is 0 Å². The molecule has 0 radical (unpaired) electrons. The summed E-state index contributed by atoms with van der Waals surface area (Å²) in [7, 11) is 0. The van der Waals surface area contributed by atoms with Crippen LogP contribution in [0.25, 0.3) is 0 Å². The third-order valence-corrected chi connectivity index (χ3v) is 5.09. The van der Waals surface area contributed by atoms with Gasteiger partial charge in [-0.15, -0.1) is 12.6 Å². The summed E-state index contributed by atoms with van der Waals surface area (Å²) in [5.74, 6) is 0. The highest BCUT2D eigenvalue weighted by atomic mass is 32.2. The lowest BCUT2D eigenvalue weighted by Crippen LogP contribution is -2.23. The molecule has 2 aromatic rings. The average molecular weight is 272 g/mol. The topological polar surface area (TPSA) is 0 Å². The molecule has 0 amide bonds. The molecule has 0 saturated carbocycles. The van der Waals surface area contributed by atoms with Gasteiger partial charge in [0.15, 0.2) is 0 Å². The fourth-order valence-corrected chi connectivity index (χ4v) is 4.14. The van der Waals surface area contributed by atoms with Crippen molar-refractivity contribution in [2.24, 2.45) is 0 Å². The van der Waals surface area contributed by atoms with E-state index in [0.717, 1.165) is 4.90 Å². The summed E-state index contributed by atoms with van der Waals surface area (Å²) in [6.45, 7) is 6.76. The van der Waals surface area contributed by atoms with Crippen molar-refractivity contribution in [3.63, 3.8) is 0 Å². The first kappa shape index (κ1) is 12.2. The molecule has 0 atom stereocenters. The molecule has 0 unspecified atom stereocenters. The number of fused-ring (bicyclic) bond motifs is 2. The van der Waals surface area contributed by atoms with E-state index in [9.17, 15) is 0 Å². The molecule has 92 valence electrons. The minimum absolute atomic E-state index is 0.0562. The standard InChI is InChI=1S/C16H16S2/c1-10-4-6-14-12(8-10)16(2,3)13-9-11(17)5-7-15(13)18-14/h4-9,17H,1-3H3. The Morgan fingerprint density at radius 2 is 1.56 bits per heavy atom. The van der Waals surface area contributed by atoms with Gasteiger partial charge in [-0.3, -0.25) is 0 Å². The Balaban J connectivity index is 2.27. The molecule has 1 aliphatic rings.